The van der Waals surface area contributed by atoms with E-state index in [1.165, 1.54) is 0 Å². The van der Waals surface area contributed by atoms with Crippen molar-refractivity contribution >= 4 is 34.8 Å². The number of anilines is 2. The zero-order valence-electron chi connectivity index (χ0n) is 17.2. The minimum absolute atomic E-state index is 0.0762. The third kappa shape index (κ3) is 4.96. The predicted molar refractivity (Wildman–Crippen MR) is 121 cm³/mol. The van der Waals surface area contributed by atoms with E-state index in [2.05, 4.69) is 22.5 Å². The maximum Gasteiger partial charge on any atom is 0.253 e. The van der Waals surface area contributed by atoms with Crippen LogP contribution in [0.25, 0.3) is 0 Å². The predicted octanol–water partition coefficient (Wildman–Crippen LogP) is 4.73. The Labute approximate surface area is 182 Å². The average Bonchev–Trinajstić information content (AvgIpc) is 3.58. The van der Waals surface area contributed by atoms with Gasteiger partial charge in [-0.25, -0.2) is 0 Å². The molecule has 2 aliphatic rings. The van der Waals surface area contributed by atoms with Gasteiger partial charge in [0.15, 0.2) is 0 Å². The second-order valence-electron chi connectivity index (χ2n) is 8.41. The highest BCUT2D eigenvalue weighted by Crippen LogP contribution is 2.30. The molecule has 30 heavy (non-hydrogen) atoms. The van der Waals surface area contributed by atoms with Gasteiger partial charge in [0.25, 0.3) is 5.91 Å². The van der Waals surface area contributed by atoms with Gasteiger partial charge in [-0.1, -0.05) is 37.3 Å². The summed E-state index contributed by atoms with van der Waals surface area (Å²) in [6.07, 6.45) is 4.30. The number of hydrogen-bond acceptors (Lipinski definition) is 3. The quantitative estimate of drug-likeness (QED) is 0.657. The lowest BCUT2D eigenvalue weighted by Gasteiger charge is -2.33. The minimum Gasteiger partial charge on any atom is -0.371 e. The number of amides is 2. The number of carbonyl (C=O) groups excluding carboxylic acids is 2. The molecule has 2 aromatic rings. The van der Waals surface area contributed by atoms with Crippen molar-refractivity contribution in [2.24, 2.45) is 5.92 Å². The molecule has 1 aliphatic heterocycles. The highest BCUT2D eigenvalue weighted by atomic mass is 35.5. The highest BCUT2D eigenvalue weighted by Gasteiger charge is 2.27. The average molecular weight is 426 g/mol. The van der Waals surface area contributed by atoms with Crippen molar-refractivity contribution in [2.45, 2.75) is 44.0 Å². The van der Waals surface area contributed by atoms with Crippen molar-refractivity contribution in [3.8, 4) is 0 Å². The Morgan fingerprint density at radius 3 is 2.40 bits per heavy atom. The molecule has 2 amide bonds. The van der Waals surface area contributed by atoms with Gasteiger partial charge in [0.1, 0.15) is 5.38 Å². The lowest BCUT2D eigenvalue weighted by molar-refractivity contribution is -0.116. The summed E-state index contributed by atoms with van der Waals surface area (Å²) in [7, 11) is 0. The number of halogens is 1. The van der Waals surface area contributed by atoms with Gasteiger partial charge in [-0.3, -0.25) is 9.59 Å². The maximum atomic E-state index is 12.9. The Morgan fingerprint density at radius 2 is 1.73 bits per heavy atom. The summed E-state index contributed by atoms with van der Waals surface area (Å²) in [5.41, 5.74) is 2.86. The fourth-order valence-corrected chi connectivity index (χ4v) is 3.99. The smallest absolute Gasteiger partial charge is 0.253 e. The molecule has 0 radical (unpaired) electrons. The number of alkyl halides is 1. The van der Waals surface area contributed by atoms with Crippen LogP contribution >= 0.6 is 11.6 Å². The van der Waals surface area contributed by atoms with Gasteiger partial charge in [-0.05, 0) is 55.4 Å². The van der Waals surface area contributed by atoms with Crippen LogP contribution in [0, 0.1) is 5.92 Å². The molecule has 0 bridgehead atoms. The molecule has 0 aromatic heterocycles. The second kappa shape index (κ2) is 9.09. The number of nitrogens with one attached hydrogen (secondary N) is 2. The third-order valence-corrected chi connectivity index (χ3v) is 6.32. The Balaban J connectivity index is 1.54. The summed E-state index contributed by atoms with van der Waals surface area (Å²) < 4.78 is 0. The van der Waals surface area contributed by atoms with Gasteiger partial charge in [0, 0.05) is 30.5 Å². The number of benzene rings is 2. The fourth-order valence-electron chi connectivity index (χ4n) is 3.79. The van der Waals surface area contributed by atoms with E-state index in [0.29, 0.717) is 17.2 Å². The molecular formula is C24H28ClN3O2. The van der Waals surface area contributed by atoms with Crippen LogP contribution in [0.1, 0.15) is 53.9 Å². The molecular weight excluding hydrogens is 398 g/mol. The number of rotatable bonds is 6. The number of nitrogens with zero attached hydrogens (tertiary/aromatic N) is 1. The third-order valence-electron chi connectivity index (χ3n) is 5.87. The zero-order valence-corrected chi connectivity index (χ0v) is 18.0. The summed E-state index contributed by atoms with van der Waals surface area (Å²) in [4.78, 5) is 27.9. The standard InChI is InChI=1S/C24H28ClN3O2/c1-16-11-13-28(14-12-16)21-10-9-19(15-20(21)23(29)26-18-7-8-18)27-24(30)22(25)17-5-3-2-4-6-17/h2-6,9-10,15-16,18,22H,7-8,11-14H2,1H3,(H,26,29)(H,27,30)/t22-/m0/s1. The Morgan fingerprint density at radius 1 is 1.03 bits per heavy atom. The van der Waals surface area contributed by atoms with E-state index >= 15 is 0 Å². The molecule has 4 rings (SSSR count). The molecule has 1 saturated heterocycles. The van der Waals surface area contributed by atoms with E-state index < -0.39 is 5.38 Å². The summed E-state index contributed by atoms with van der Waals surface area (Å²) in [6, 6.07) is 15.1. The number of piperidine rings is 1. The first-order valence-corrected chi connectivity index (χ1v) is 11.1. The van der Waals surface area contributed by atoms with E-state index in [1.807, 2.05) is 42.5 Å². The Hall–Kier alpha value is -2.53. The maximum absolute atomic E-state index is 12.9. The lowest BCUT2D eigenvalue weighted by atomic mass is 9.97. The molecule has 2 fully saturated rings. The van der Waals surface area contributed by atoms with Gasteiger partial charge in [-0.15, -0.1) is 11.6 Å². The normalized spacial score (nSPS) is 18.0. The topological polar surface area (TPSA) is 61.4 Å². The molecule has 6 heteroatoms. The van der Waals surface area contributed by atoms with Crippen LogP contribution in [0.4, 0.5) is 11.4 Å². The van der Waals surface area contributed by atoms with E-state index in [0.717, 1.165) is 50.0 Å². The van der Waals surface area contributed by atoms with E-state index in [9.17, 15) is 9.59 Å². The van der Waals surface area contributed by atoms with Crippen molar-refractivity contribution in [2.75, 3.05) is 23.3 Å². The van der Waals surface area contributed by atoms with Crippen LogP contribution in [-0.2, 0) is 4.79 Å². The lowest BCUT2D eigenvalue weighted by Crippen LogP contribution is -2.35. The summed E-state index contributed by atoms with van der Waals surface area (Å²) in [5.74, 6) is 0.325. The Kier molecular flexibility index (Phi) is 6.28. The molecule has 0 spiro atoms. The highest BCUT2D eigenvalue weighted by molar-refractivity contribution is 6.32. The summed E-state index contributed by atoms with van der Waals surface area (Å²) in [6.45, 7) is 4.15. The monoisotopic (exact) mass is 425 g/mol. The van der Waals surface area contributed by atoms with Crippen LogP contribution < -0.4 is 15.5 Å². The Bertz CT molecular complexity index is 906. The van der Waals surface area contributed by atoms with Crippen molar-refractivity contribution in [3.63, 3.8) is 0 Å². The summed E-state index contributed by atoms with van der Waals surface area (Å²) in [5, 5.41) is 5.16. The van der Waals surface area contributed by atoms with Crippen LogP contribution in [-0.4, -0.2) is 30.9 Å². The van der Waals surface area contributed by atoms with Gasteiger partial charge < -0.3 is 15.5 Å². The van der Waals surface area contributed by atoms with Crippen molar-refractivity contribution in [3.05, 3.63) is 59.7 Å². The van der Waals surface area contributed by atoms with E-state index in [1.54, 1.807) is 6.07 Å². The molecule has 0 unspecified atom stereocenters. The van der Waals surface area contributed by atoms with Crippen LogP contribution in [0.3, 0.4) is 0 Å². The number of hydrogen-bond donors (Lipinski definition) is 2. The first-order chi connectivity index (χ1) is 14.5. The molecule has 5 nitrogen and oxygen atoms in total. The van der Waals surface area contributed by atoms with Crippen LogP contribution in [0.5, 0.6) is 0 Å². The SMILES string of the molecule is CC1CCN(c2ccc(NC(=O)[C@@H](Cl)c3ccccc3)cc2C(=O)NC2CC2)CC1. The molecule has 2 aromatic carbocycles. The minimum atomic E-state index is -0.793. The largest absolute Gasteiger partial charge is 0.371 e. The molecule has 158 valence electrons. The van der Waals surface area contributed by atoms with Crippen molar-refractivity contribution in [1.82, 2.24) is 5.32 Å². The molecule has 1 aliphatic carbocycles. The second-order valence-corrected chi connectivity index (χ2v) is 8.85. The fraction of sp³-hybridized carbons (Fsp3) is 0.417. The van der Waals surface area contributed by atoms with E-state index in [-0.39, 0.29) is 17.9 Å². The van der Waals surface area contributed by atoms with Gasteiger partial charge >= 0.3 is 0 Å². The number of carbonyl (C=O) groups is 2. The molecule has 1 saturated carbocycles. The summed E-state index contributed by atoms with van der Waals surface area (Å²) >= 11 is 6.35. The molecule has 1 atom stereocenters. The molecule has 2 N–H and O–H groups in total. The van der Waals surface area contributed by atoms with Crippen LogP contribution in [0.15, 0.2) is 48.5 Å². The first kappa shape index (κ1) is 20.7. The van der Waals surface area contributed by atoms with Crippen LogP contribution in [0.2, 0.25) is 0 Å². The van der Waals surface area contributed by atoms with Crippen molar-refractivity contribution in [1.29, 1.82) is 0 Å². The van der Waals surface area contributed by atoms with E-state index in [4.69, 9.17) is 11.6 Å². The van der Waals surface area contributed by atoms with Gasteiger partial charge in [-0.2, -0.15) is 0 Å². The van der Waals surface area contributed by atoms with Gasteiger partial charge in [0.2, 0.25) is 5.91 Å². The van der Waals surface area contributed by atoms with Crippen molar-refractivity contribution < 1.29 is 9.59 Å². The first-order valence-electron chi connectivity index (χ1n) is 10.7. The zero-order chi connectivity index (χ0) is 21.1. The van der Waals surface area contributed by atoms with Gasteiger partial charge in [0.05, 0.1) is 5.56 Å². The molecule has 1 heterocycles.